The van der Waals surface area contributed by atoms with Crippen molar-refractivity contribution in [3.05, 3.63) is 35.2 Å². The van der Waals surface area contributed by atoms with Crippen molar-refractivity contribution in [1.29, 1.82) is 0 Å². The zero-order valence-corrected chi connectivity index (χ0v) is 15.0. The van der Waals surface area contributed by atoms with E-state index >= 15 is 0 Å². The highest BCUT2D eigenvalue weighted by Crippen LogP contribution is 2.30. The van der Waals surface area contributed by atoms with Gasteiger partial charge >= 0.3 is 6.18 Å². The highest BCUT2D eigenvalue weighted by molar-refractivity contribution is 5.75. The van der Waals surface area contributed by atoms with Gasteiger partial charge in [0.25, 0.3) is 0 Å². The number of carbonyl (C=O) groups is 1. The molecule has 0 saturated carbocycles. The molecule has 1 atom stereocenters. The first-order valence-electron chi connectivity index (χ1n) is 8.51. The van der Waals surface area contributed by atoms with E-state index in [2.05, 4.69) is 10.1 Å². The Morgan fingerprint density at radius 3 is 2.73 bits per heavy atom. The number of carbonyl (C=O) groups excluding carboxylic acids is 1. The smallest absolute Gasteiger partial charge is 0.344 e. The topological polar surface area (TPSA) is 56.0 Å². The number of aromatic nitrogens is 4. The number of likely N-dealkylation sites (N-methyl/N-ethyl adjacent to an activating group) is 1. The van der Waals surface area contributed by atoms with Crippen molar-refractivity contribution in [2.75, 3.05) is 13.6 Å². The normalized spacial score (nSPS) is 17.2. The standard InChI is InChI=1S/C17H22F3N5O/c1-11-6-12(2)25(22-11)10-16(26)23(3)7-13-4-5-15-21-14(17(18,19)20)9-24(15)8-13/h6,9,13H,4-5,7-8,10H2,1-3H3. The molecule has 3 heterocycles. The molecule has 1 aliphatic rings. The van der Waals surface area contributed by atoms with E-state index in [0.717, 1.165) is 17.6 Å². The van der Waals surface area contributed by atoms with Crippen molar-refractivity contribution >= 4 is 5.91 Å². The van der Waals surface area contributed by atoms with Crippen LogP contribution in [0.25, 0.3) is 0 Å². The summed E-state index contributed by atoms with van der Waals surface area (Å²) in [5.74, 6) is 0.501. The van der Waals surface area contributed by atoms with Gasteiger partial charge < -0.3 is 9.47 Å². The number of alkyl halides is 3. The molecule has 26 heavy (non-hydrogen) atoms. The predicted octanol–water partition coefficient (Wildman–Crippen LogP) is 2.44. The van der Waals surface area contributed by atoms with Gasteiger partial charge in [-0.05, 0) is 32.3 Å². The summed E-state index contributed by atoms with van der Waals surface area (Å²) in [4.78, 5) is 17.7. The number of rotatable bonds is 4. The Labute approximate surface area is 149 Å². The molecule has 0 aromatic carbocycles. The molecule has 1 unspecified atom stereocenters. The lowest BCUT2D eigenvalue weighted by molar-refractivity contribution is -0.141. The van der Waals surface area contributed by atoms with E-state index in [0.29, 0.717) is 31.8 Å². The largest absolute Gasteiger partial charge is 0.434 e. The van der Waals surface area contributed by atoms with Crippen LogP contribution in [0, 0.1) is 19.8 Å². The molecule has 0 aliphatic carbocycles. The van der Waals surface area contributed by atoms with E-state index in [1.807, 2.05) is 19.9 Å². The van der Waals surface area contributed by atoms with Gasteiger partial charge in [-0.25, -0.2) is 4.98 Å². The molecule has 1 amide bonds. The number of fused-ring (bicyclic) bond motifs is 1. The molecular weight excluding hydrogens is 347 g/mol. The molecule has 2 aromatic rings. The first-order valence-corrected chi connectivity index (χ1v) is 8.51. The van der Waals surface area contributed by atoms with Crippen LogP contribution in [0.4, 0.5) is 13.2 Å². The van der Waals surface area contributed by atoms with Crippen molar-refractivity contribution in [2.24, 2.45) is 5.92 Å². The molecule has 0 N–H and O–H groups in total. The van der Waals surface area contributed by atoms with Crippen molar-refractivity contribution in [1.82, 2.24) is 24.2 Å². The number of aryl methyl sites for hydroxylation is 3. The summed E-state index contributed by atoms with van der Waals surface area (Å²) in [5, 5.41) is 4.29. The number of amides is 1. The maximum atomic E-state index is 12.8. The summed E-state index contributed by atoms with van der Waals surface area (Å²) in [6.45, 7) is 4.87. The van der Waals surface area contributed by atoms with Crippen molar-refractivity contribution in [3.63, 3.8) is 0 Å². The van der Waals surface area contributed by atoms with Gasteiger partial charge in [-0.15, -0.1) is 0 Å². The Kier molecular flexibility index (Phi) is 4.81. The highest BCUT2D eigenvalue weighted by atomic mass is 19.4. The SMILES string of the molecule is Cc1cc(C)n(CC(=O)N(C)CC2CCc3nc(C(F)(F)F)cn3C2)n1. The molecule has 6 nitrogen and oxygen atoms in total. The maximum Gasteiger partial charge on any atom is 0.434 e. The monoisotopic (exact) mass is 369 g/mol. The molecule has 3 rings (SSSR count). The van der Waals surface area contributed by atoms with Crippen LogP contribution in [0.5, 0.6) is 0 Å². The second kappa shape index (κ2) is 6.77. The van der Waals surface area contributed by atoms with Crippen molar-refractivity contribution in [3.8, 4) is 0 Å². The van der Waals surface area contributed by atoms with E-state index in [4.69, 9.17) is 0 Å². The predicted molar refractivity (Wildman–Crippen MR) is 88.4 cm³/mol. The Morgan fingerprint density at radius 1 is 1.38 bits per heavy atom. The van der Waals surface area contributed by atoms with E-state index < -0.39 is 11.9 Å². The molecular formula is C17H22F3N5O. The lowest BCUT2D eigenvalue weighted by atomic mass is 9.99. The van der Waals surface area contributed by atoms with Gasteiger partial charge in [-0.3, -0.25) is 9.48 Å². The van der Waals surface area contributed by atoms with Crippen LogP contribution in [0.2, 0.25) is 0 Å². The fraction of sp³-hybridized carbons (Fsp3) is 0.588. The molecule has 0 bridgehead atoms. The molecule has 0 fully saturated rings. The zero-order chi connectivity index (χ0) is 19.1. The van der Waals surface area contributed by atoms with Gasteiger partial charge in [0.05, 0.1) is 5.69 Å². The van der Waals surface area contributed by atoms with Crippen molar-refractivity contribution < 1.29 is 18.0 Å². The van der Waals surface area contributed by atoms with Gasteiger partial charge in [0.1, 0.15) is 12.4 Å². The highest BCUT2D eigenvalue weighted by Gasteiger charge is 2.36. The third kappa shape index (κ3) is 3.91. The van der Waals surface area contributed by atoms with Crippen LogP contribution in [0.3, 0.4) is 0 Å². The van der Waals surface area contributed by atoms with Crippen LogP contribution in [0.1, 0.15) is 29.3 Å². The minimum absolute atomic E-state index is 0.0661. The molecule has 2 aromatic heterocycles. The lowest BCUT2D eigenvalue weighted by Crippen LogP contribution is -2.37. The summed E-state index contributed by atoms with van der Waals surface area (Å²) >= 11 is 0. The maximum absolute atomic E-state index is 12.8. The van der Waals surface area contributed by atoms with Crippen LogP contribution < -0.4 is 0 Å². The third-order valence-corrected chi connectivity index (χ3v) is 4.73. The summed E-state index contributed by atoms with van der Waals surface area (Å²) in [6.07, 6.45) is -2.16. The second-order valence-electron chi connectivity index (χ2n) is 6.96. The van der Waals surface area contributed by atoms with Gasteiger partial charge in [0.2, 0.25) is 5.91 Å². The van der Waals surface area contributed by atoms with E-state index in [1.54, 1.807) is 21.2 Å². The first kappa shape index (κ1) is 18.5. The minimum Gasteiger partial charge on any atom is -0.344 e. The number of hydrogen-bond acceptors (Lipinski definition) is 3. The quantitative estimate of drug-likeness (QED) is 0.832. The zero-order valence-electron chi connectivity index (χ0n) is 15.0. The van der Waals surface area contributed by atoms with Crippen LogP contribution >= 0.6 is 0 Å². The number of imidazole rings is 1. The van der Waals surface area contributed by atoms with Crippen molar-refractivity contribution in [2.45, 2.75) is 46.0 Å². The first-order chi connectivity index (χ1) is 12.1. The molecule has 9 heteroatoms. The van der Waals surface area contributed by atoms with Gasteiger partial charge in [-0.1, -0.05) is 0 Å². The van der Waals surface area contributed by atoms with Crippen LogP contribution in [0.15, 0.2) is 12.3 Å². The minimum atomic E-state index is -4.42. The summed E-state index contributed by atoms with van der Waals surface area (Å²) in [7, 11) is 1.72. The Bertz CT molecular complexity index is 808. The molecule has 0 spiro atoms. The van der Waals surface area contributed by atoms with E-state index in [1.165, 1.54) is 0 Å². The fourth-order valence-electron chi connectivity index (χ4n) is 3.37. The summed E-state index contributed by atoms with van der Waals surface area (Å²) < 4.78 is 41.6. The van der Waals surface area contributed by atoms with E-state index in [9.17, 15) is 18.0 Å². The van der Waals surface area contributed by atoms with Gasteiger partial charge in [0.15, 0.2) is 5.69 Å². The lowest BCUT2D eigenvalue weighted by Gasteiger charge is -2.28. The summed E-state index contributed by atoms with van der Waals surface area (Å²) in [6, 6.07) is 1.91. The fourth-order valence-corrected chi connectivity index (χ4v) is 3.37. The van der Waals surface area contributed by atoms with Gasteiger partial charge in [0, 0.05) is 38.4 Å². The number of hydrogen-bond donors (Lipinski definition) is 0. The molecule has 0 saturated heterocycles. The Balaban J connectivity index is 1.60. The average molecular weight is 369 g/mol. The summed E-state index contributed by atoms with van der Waals surface area (Å²) in [5.41, 5.74) is 0.935. The van der Waals surface area contributed by atoms with Crippen LogP contribution in [-0.4, -0.2) is 43.7 Å². The second-order valence-corrected chi connectivity index (χ2v) is 6.96. The number of nitrogens with zero attached hydrogens (tertiary/aromatic N) is 5. The number of halogens is 3. The average Bonchev–Trinajstić information content (AvgIpc) is 3.09. The Hall–Kier alpha value is -2.32. The van der Waals surface area contributed by atoms with E-state index in [-0.39, 0.29) is 18.4 Å². The molecule has 142 valence electrons. The molecule has 1 aliphatic heterocycles. The third-order valence-electron chi connectivity index (χ3n) is 4.73. The molecule has 0 radical (unpaired) electrons. The van der Waals surface area contributed by atoms with Gasteiger partial charge in [-0.2, -0.15) is 18.3 Å². The Morgan fingerprint density at radius 2 is 2.12 bits per heavy atom. The van der Waals surface area contributed by atoms with Crippen LogP contribution in [-0.2, 0) is 30.5 Å².